The molecule has 0 aliphatic rings. The van der Waals surface area contributed by atoms with Gasteiger partial charge in [0.15, 0.2) is 0 Å². The highest BCUT2D eigenvalue weighted by molar-refractivity contribution is 6.30. The van der Waals surface area contributed by atoms with E-state index in [4.69, 9.17) is 34.0 Å². The molecule has 4 aromatic rings. The third kappa shape index (κ3) is 8.05. The first-order chi connectivity index (χ1) is 19.3. The topological polar surface area (TPSA) is 117 Å². The van der Waals surface area contributed by atoms with Crippen molar-refractivity contribution in [3.63, 3.8) is 0 Å². The van der Waals surface area contributed by atoms with Crippen molar-refractivity contribution in [2.45, 2.75) is 31.3 Å². The predicted octanol–water partition coefficient (Wildman–Crippen LogP) is 4.68. The summed E-state index contributed by atoms with van der Waals surface area (Å²) >= 11 is 12.2. The molecule has 9 heteroatoms. The highest BCUT2D eigenvalue weighted by atomic mass is 35.5. The lowest BCUT2D eigenvalue weighted by molar-refractivity contribution is -0.129. The molecule has 0 bridgehead atoms. The van der Waals surface area contributed by atoms with Crippen LogP contribution in [0.4, 0.5) is 5.82 Å². The van der Waals surface area contributed by atoms with E-state index in [0.29, 0.717) is 22.3 Å². The van der Waals surface area contributed by atoms with Crippen LogP contribution in [0.5, 0.6) is 0 Å². The summed E-state index contributed by atoms with van der Waals surface area (Å²) in [6.07, 6.45) is 2.38. The van der Waals surface area contributed by atoms with Crippen LogP contribution in [-0.2, 0) is 29.0 Å². The number of carbonyl (C=O) groups excluding carboxylic acids is 2. The molecule has 1 aromatic heterocycles. The van der Waals surface area contributed by atoms with Crippen LogP contribution in [0.3, 0.4) is 0 Å². The van der Waals surface area contributed by atoms with Crippen LogP contribution in [0.15, 0.2) is 91.1 Å². The van der Waals surface area contributed by atoms with E-state index in [2.05, 4.69) is 15.6 Å². The number of nitrogens with zero attached hydrogens (tertiary/aromatic N) is 1. The third-order valence-corrected chi connectivity index (χ3v) is 6.98. The maximum atomic E-state index is 13.8. The molecule has 0 spiro atoms. The molecule has 4 rings (SSSR count). The third-order valence-electron chi connectivity index (χ3n) is 6.48. The second-order valence-electron chi connectivity index (χ2n) is 9.40. The molecule has 1 unspecified atom stereocenters. The van der Waals surface area contributed by atoms with Crippen LogP contribution in [0.25, 0.3) is 0 Å². The molecule has 0 radical (unpaired) electrons. The number of benzene rings is 3. The Balaban J connectivity index is 1.57. The van der Waals surface area contributed by atoms with Crippen molar-refractivity contribution in [1.29, 1.82) is 0 Å². The molecule has 0 saturated heterocycles. The summed E-state index contributed by atoms with van der Waals surface area (Å²) in [6.45, 7) is 0.354. The number of aliphatic hydroxyl groups is 1. The van der Waals surface area contributed by atoms with E-state index in [9.17, 15) is 9.59 Å². The fraction of sp³-hybridized carbons (Fsp3) is 0.194. The first-order valence-electron chi connectivity index (χ1n) is 12.8. The van der Waals surface area contributed by atoms with Gasteiger partial charge in [-0.05, 0) is 64.6 Å². The number of nitrogens with one attached hydrogen (secondary N) is 2. The number of halogens is 2. The molecule has 7 nitrogen and oxygen atoms in total. The van der Waals surface area contributed by atoms with Crippen molar-refractivity contribution in [3.8, 4) is 0 Å². The summed E-state index contributed by atoms with van der Waals surface area (Å²) in [6, 6.07) is 24.3. The predicted molar refractivity (Wildman–Crippen MR) is 158 cm³/mol. The normalized spacial score (nSPS) is 11.7. The van der Waals surface area contributed by atoms with Gasteiger partial charge in [0.1, 0.15) is 11.9 Å². The van der Waals surface area contributed by atoms with Gasteiger partial charge in [0.2, 0.25) is 11.8 Å². The lowest BCUT2D eigenvalue weighted by Crippen LogP contribution is -2.49. The van der Waals surface area contributed by atoms with Crippen LogP contribution in [0, 0.1) is 0 Å². The largest absolute Gasteiger partial charge is 0.396 e. The second kappa shape index (κ2) is 13.9. The molecule has 2 amide bonds. The molecular weight excluding hydrogens is 547 g/mol. The Morgan fingerprint density at radius 2 is 1.32 bits per heavy atom. The summed E-state index contributed by atoms with van der Waals surface area (Å²) in [4.78, 5) is 31.4. The number of hydrogen-bond donors (Lipinski definition) is 4. The number of amides is 2. The van der Waals surface area contributed by atoms with Gasteiger partial charge in [0.25, 0.3) is 0 Å². The number of aromatic nitrogens is 1. The summed E-state index contributed by atoms with van der Waals surface area (Å²) in [5.41, 5.74) is 9.84. The molecule has 40 heavy (non-hydrogen) atoms. The fourth-order valence-electron chi connectivity index (χ4n) is 4.33. The van der Waals surface area contributed by atoms with Gasteiger partial charge in [0.05, 0.1) is 5.92 Å². The molecule has 5 N–H and O–H groups in total. The molecule has 0 aliphatic heterocycles. The summed E-state index contributed by atoms with van der Waals surface area (Å²) < 4.78 is 0. The Bertz CT molecular complexity index is 1370. The minimum Gasteiger partial charge on any atom is -0.396 e. The Hall–Kier alpha value is -3.91. The lowest BCUT2D eigenvalue weighted by Gasteiger charge is -2.23. The number of hydrogen-bond acceptors (Lipinski definition) is 5. The van der Waals surface area contributed by atoms with Crippen LogP contribution >= 0.6 is 23.2 Å². The van der Waals surface area contributed by atoms with Crippen molar-refractivity contribution in [3.05, 3.63) is 129 Å². The van der Waals surface area contributed by atoms with E-state index in [1.807, 2.05) is 24.3 Å². The van der Waals surface area contributed by atoms with Gasteiger partial charge in [-0.3, -0.25) is 9.59 Å². The van der Waals surface area contributed by atoms with E-state index in [1.165, 1.54) is 0 Å². The van der Waals surface area contributed by atoms with Crippen LogP contribution in [-0.4, -0.2) is 34.6 Å². The van der Waals surface area contributed by atoms with Crippen LogP contribution in [0.2, 0.25) is 10.0 Å². The quantitative estimate of drug-likeness (QED) is 0.207. The van der Waals surface area contributed by atoms with Gasteiger partial charge in [-0.1, -0.05) is 77.8 Å². The highest BCUT2D eigenvalue weighted by Crippen LogP contribution is 2.28. The Kier molecular flexibility index (Phi) is 10.1. The molecule has 1 heterocycles. The zero-order chi connectivity index (χ0) is 28.5. The van der Waals surface area contributed by atoms with Crippen molar-refractivity contribution in [2.75, 3.05) is 12.3 Å². The van der Waals surface area contributed by atoms with Crippen LogP contribution < -0.4 is 16.4 Å². The van der Waals surface area contributed by atoms with E-state index in [1.54, 1.807) is 66.9 Å². The molecule has 1 atom stereocenters. The molecule has 0 saturated carbocycles. The minimum atomic E-state index is -0.881. The number of nitrogens with two attached hydrogens (primary N) is 1. The molecule has 3 aromatic carbocycles. The number of aliphatic hydroxyl groups excluding tert-OH is 1. The Labute approximate surface area is 243 Å². The summed E-state index contributed by atoms with van der Waals surface area (Å²) in [5, 5.41) is 16.1. The van der Waals surface area contributed by atoms with E-state index >= 15 is 0 Å². The smallest absolute Gasteiger partial charge is 0.243 e. The molecule has 0 aliphatic carbocycles. The molecular formula is C31H30Cl2N4O3. The SMILES string of the molecule is Nc1ccc(CC(NC(=O)C(c2ccc(Cl)cc2)c2ccc(Cl)cc2)C(=O)NCc2ccc(CCO)cc2)cn1. The zero-order valence-corrected chi connectivity index (χ0v) is 23.2. The van der Waals surface area contributed by atoms with E-state index < -0.39 is 12.0 Å². The number of nitrogen functional groups attached to an aromatic ring is 1. The highest BCUT2D eigenvalue weighted by Gasteiger charge is 2.28. The first-order valence-corrected chi connectivity index (χ1v) is 13.6. The molecule has 206 valence electrons. The van der Waals surface area contributed by atoms with Crippen molar-refractivity contribution in [1.82, 2.24) is 15.6 Å². The van der Waals surface area contributed by atoms with Gasteiger partial charge < -0.3 is 21.5 Å². The fourth-order valence-corrected chi connectivity index (χ4v) is 4.58. The van der Waals surface area contributed by atoms with Crippen molar-refractivity contribution < 1.29 is 14.7 Å². The second-order valence-corrected chi connectivity index (χ2v) is 10.3. The average Bonchev–Trinajstić information content (AvgIpc) is 2.95. The van der Waals surface area contributed by atoms with Crippen LogP contribution in [0.1, 0.15) is 33.7 Å². The van der Waals surface area contributed by atoms with Gasteiger partial charge in [0, 0.05) is 35.8 Å². The number of pyridine rings is 1. The Morgan fingerprint density at radius 3 is 1.85 bits per heavy atom. The molecule has 0 fully saturated rings. The van der Waals surface area contributed by atoms with Gasteiger partial charge in [-0.2, -0.15) is 0 Å². The minimum absolute atomic E-state index is 0.0739. The lowest BCUT2D eigenvalue weighted by atomic mass is 9.90. The van der Waals surface area contributed by atoms with E-state index in [0.717, 1.165) is 27.8 Å². The van der Waals surface area contributed by atoms with E-state index in [-0.39, 0.29) is 31.4 Å². The maximum absolute atomic E-state index is 13.8. The van der Waals surface area contributed by atoms with Gasteiger partial charge in [-0.25, -0.2) is 4.98 Å². The van der Waals surface area contributed by atoms with Gasteiger partial charge in [-0.15, -0.1) is 0 Å². The number of rotatable bonds is 11. The number of anilines is 1. The summed E-state index contributed by atoms with van der Waals surface area (Å²) in [7, 11) is 0. The first kappa shape index (κ1) is 29.1. The average molecular weight is 578 g/mol. The van der Waals surface area contributed by atoms with Crippen molar-refractivity contribution >= 4 is 40.8 Å². The summed E-state index contributed by atoms with van der Waals surface area (Å²) in [5.74, 6) is -1.02. The van der Waals surface area contributed by atoms with Crippen molar-refractivity contribution in [2.24, 2.45) is 0 Å². The monoisotopic (exact) mass is 576 g/mol. The zero-order valence-electron chi connectivity index (χ0n) is 21.7. The standard InChI is InChI=1S/C31H30Cl2N4O3/c32-25-10-6-23(7-11-25)29(24-8-12-26(33)13-9-24)31(40)37-27(17-22-5-14-28(34)35-19-22)30(39)36-18-21-3-1-20(2-4-21)15-16-38/h1-14,19,27,29,38H,15-18H2,(H2,34,35)(H,36,39)(H,37,40). The number of carbonyl (C=O) groups is 2. The maximum Gasteiger partial charge on any atom is 0.243 e. The Morgan fingerprint density at radius 1 is 0.775 bits per heavy atom. The van der Waals surface area contributed by atoms with Gasteiger partial charge >= 0.3 is 0 Å².